The average Bonchev–Trinajstić information content (AvgIpc) is 3.16. The van der Waals surface area contributed by atoms with E-state index in [9.17, 15) is 17.6 Å². The van der Waals surface area contributed by atoms with Gasteiger partial charge in [-0.05, 0) is 54.3 Å². The summed E-state index contributed by atoms with van der Waals surface area (Å²) < 4.78 is 43.6. The summed E-state index contributed by atoms with van der Waals surface area (Å²) in [5, 5.41) is 2.44. The summed E-state index contributed by atoms with van der Waals surface area (Å²) in [5.74, 6) is -1.52. The highest BCUT2D eigenvalue weighted by molar-refractivity contribution is 7.98. The van der Waals surface area contributed by atoms with Crippen LogP contribution in [0.25, 0.3) is 0 Å². The number of hydrogen-bond acceptors (Lipinski definition) is 5. The molecule has 0 bridgehead atoms. The number of furan rings is 1. The zero-order valence-corrected chi connectivity index (χ0v) is 17.7. The molecule has 1 amide bonds. The maximum Gasteiger partial charge on any atom is 0.287 e. The summed E-state index contributed by atoms with van der Waals surface area (Å²) in [6.45, 7) is 0.315. The fraction of sp³-hybridized carbons (Fsp3) is 0.150. The summed E-state index contributed by atoms with van der Waals surface area (Å²) in [6.07, 6.45) is 1.98. The lowest BCUT2D eigenvalue weighted by Crippen LogP contribution is -2.22. The van der Waals surface area contributed by atoms with Gasteiger partial charge in [0.05, 0.1) is 9.92 Å². The third kappa shape index (κ3) is 5.41. The molecule has 2 aromatic carbocycles. The molecule has 0 saturated heterocycles. The highest BCUT2D eigenvalue weighted by Crippen LogP contribution is 2.23. The first kappa shape index (κ1) is 21.4. The summed E-state index contributed by atoms with van der Waals surface area (Å²) in [7, 11) is -3.81. The zero-order valence-electron chi connectivity index (χ0n) is 15.3. The molecule has 0 radical (unpaired) electrons. The molecule has 1 N–H and O–H groups in total. The first-order valence-electron chi connectivity index (χ1n) is 8.46. The maximum atomic E-state index is 13.2. The average molecular weight is 454 g/mol. The molecule has 3 rings (SSSR count). The van der Waals surface area contributed by atoms with E-state index < -0.39 is 27.3 Å². The van der Waals surface area contributed by atoms with Crippen molar-refractivity contribution in [3.05, 3.63) is 82.5 Å². The van der Waals surface area contributed by atoms with Crippen molar-refractivity contribution in [2.45, 2.75) is 22.1 Å². The van der Waals surface area contributed by atoms with Crippen LogP contribution in [0.1, 0.15) is 21.9 Å². The zero-order chi connectivity index (χ0) is 21.0. The fourth-order valence-corrected chi connectivity index (χ4v) is 4.45. The van der Waals surface area contributed by atoms with Crippen molar-refractivity contribution >= 4 is 39.1 Å². The van der Waals surface area contributed by atoms with Gasteiger partial charge < -0.3 is 9.73 Å². The van der Waals surface area contributed by atoms with Crippen LogP contribution in [0.15, 0.2) is 68.8 Å². The van der Waals surface area contributed by atoms with Crippen LogP contribution in [-0.2, 0) is 22.1 Å². The molecule has 0 aliphatic rings. The quantitative estimate of drug-likeness (QED) is 0.414. The van der Waals surface area contributed by atoms with Gasteiger partial charge in [-0.2, -0.15) is 0 Å². The number of sulfone groups is 1. The second-order valence-corrected chi connectivity index (χ2v) is 9.41. The predicted octanol–water partition coefficient (Wildman–Crippen LogP) is 4.70. The van der Waals surface area contributed by atoms with Gasteiger partial charge >= 0.3 is 0 Å². The lowest BCUT2D eigenvalue weighted by Gasteiger charge is -2.05. The maximum absolute atomic E-state index is 13.2. The fourth-order valence-electron chi connectivity index (χ4n) is 2.53. The number of amides is 1. The van der Waals surface area contributed by atoms with E-state index in [0.717, 1.165) is 28.7 Å². The molecular formula is C20H17ClFNO4S2. The van der Waals surface area contributed by atoms with Gasteiger partial charge in [0.1, 0.15) is 17.3 Å². The Kier molecular flexibility index (Phi) is 6.66. The van der Waals surface area contributed by atoms with Crippen LogP contribution in [0.3, 0.4) is 0 Å². The number of halogens is 2. The topological polar surface area (TPSA) is 76.4 Å². The molecule has 152 valence electrons. The standard InChI is InChI=1S/C20H17ClFNO4S2/c1-28-15-5-2-13(3-6-15)11-23-20(24)19-9-4-14(27-19)12-29(25,26)16-7-8-18(22)17(21)10-16/h2-10H,11-12H2,1H3,(H,23,24). The molecule has 3 aromatic rings. The molecule has 1 heterocycles. The Labute approximate surface area is 177 Å². The van der Waals surface area contributed by atoms with Crippen LogP contribution in [-0.4, -0.2) is 20.6 Å². The Hall–Kier alpha value is -2.29. The molecule has 0 fully saturated rings. The number of benzene rings is 2. The van der Waals surface area contributed by atoms with E-state index in [0.29, 0.717) is 6.54 Å². The number of thioether (sulfide) groups is 1. The molecule has 1 aromatic heterocycles. The molecule has 0 unspecified atom stereocenters. The number of nitrogens with one attached hydrogen (secondary N) is 1. The SMILES string of the molecule is CSc1ccc(CNC(=O)c2ccc(CS(=O)(=O)c3ccc(F)c(Cl)c3)o2)cc1. The third-order valence-electron chi connectivity index (χ3n) is 4.08. The molecule has 0 spiro atoms. The van der Waals surface area contributed by atoms with Crippen molar-refractivity contribution in [2.24, 2.45) is 0 Å². The van der Waals surface area contributed by atoms with E-state index in [-0.39, 0.29) is 21.4 Å². The van der Waals surface area contributed by atoms with E-state index in [1.807, 2.05) is 30.5 Å². The van der Waals surface area contributed by atoms with Crippen molar-refractivity contribution in [1.29, 1.82) is 0 Å². The highest BCUT2D eigenvalue weighted by atomic mass is 35.5. The minimum Gasteiger partial charge on any atom is -0.455 e. The van der Waals surface area contributed by atoms with Crippen molar-refractivity contribution in [3.8, 4) is 0 Å². The van der Waals surface area contributed by atoms with Crippen LogP contribution in [0.4, 0.5) is 4.39 Å². The summed E-state index contributed by atoms with van der Waals surface area (Å²) in [6, 6.07) is 13.8. The largest absolute Gasteiger partial charge is 0.455 e. The third-order valence-corrected chi connectivity index (χ3v) is 6.75. The Bertz CT molecular complexity index is 1130. The molecule has 5 nitrogen and oxygen atoms in total. The van der Waals surface area contributed by atoms with Gasteiger partial charge in [-0.15, -0.1) is 11.8 Å². The van der Waals surface area contributed by atoms with Gasteiger partial charge in [-0.1, -0.05) is 23.7 Å². The van der Waals surface area contributed by atoms with Crippen molar-refractivity contribution in [2.75, 3.05) is 6.26 Å². The van der Waals surface area contributed by atoms with Gasteiger partial charge in [0.2, 0.25) is 0 Å². The van der Waals surface area contributed by atoms with Gasteiger partial charge in [-0.3, -0.25) is 4.79 Å². The summed E-state index contributed by atoms with van der Waals surface area (Å²) in [5.41, 5.74) is 0.929. The first-order valence-corrected chi connectivity index (χ1v) is 11.7. The van der Waals surface area contributed by atoms with Crippen molar-refractivity contribution in [1.82, 2.24) is 5.32 Å². The number of carbonyl (C=O) groups is 1. The van der Waals surface area contributed by atoms with Gasteiger partial charge in [0, 0.05) is 11.4 Å². The van der Waals surface area contributed by atoms with Crippen LogP contribution < -0.4 is 5.32 Å². The Morgan fingerprint density at radius 3 is 2.52 bits per heavy atom. The first-order chi connectivity index (χ1) is 13.8. The van der Waals surface area contributed by atoms with Crippen LogP contribution >= 0.6 is 23.4 Å². The molecular weight excluding hydrogens is 437 g/mol. The van der Waals surface area contributed by atoms with Gasteiger partial charge in [0.25, 0.3) is 5.91 Å². The monoisotopic (exact) mass is 453 g/mol. The summed E-state index contributed by atoms with van der Waals surface area (Å²) >= 11 is 7.28. The molecule has 9 heteroatoms. The molecule has 0 aliphatic carbocycles. The van der Waals surface area contributed by atoms with Crippen LogP contribution in [0.5, 0.6) is 0 Å². The smallest absolute Gasteiger partial charge is 0.287 e. The van der Waals surface area contributed by atoms with Crippen LogP contribution in [0, 0.1) is 5.82 Å². The van der Waals surface area contributed by atoms with E-state index in [1.54, 1.807) is 11.8 Å². The van der Waals surface area contributed by atoms with E-state index in [4.69, 9.17) is 16.0 Å². The number of rotatable bonds is 7. The number of hydrogen-bond donors (Lipinski definition) is 1. The lowest BCUT2D eigenvalue weighted by molar-refractivity contribution is 0.0921. The minimum atomic E-state index is -3.81. The summed E-state index contributed by atoms with van der Waals surface area (Å²) in [4.78, 5) is 13.3. The predicted molar refractivity (Wildman–Crippen MR) is 110 cm³/mol. The number of carbonyl (C=O) groups excluding carboxylic acids is 1. The Balaban J connectivity index is 1.64. The van der Waals surface area contributed by atoms with E-state index in [1.165, 1.54) is 12.1 Å². The minimum absolute atomic E-state index is 0.00747. The second kappa shape index (κ2) is 9.02. The molecule has 0 saturated carbocycles. The Morgan fingerprint density at radius 2 is 1.86 bits per heavy atom. The molecule has 0 aliphatic heterocycles. The van der Waals surface area contributed by atoms with E-state index >= 15 is 0 Å². The molecule has 0 atom stereocenters. The van der Waals surface area contributed by atoms with Gasteiger partial charge in [-0.25, -0.2) is 12.8 Å². The normalized spacial score (nSPS) is 11.4. The molecule has 29 heavy (non-hydrogen) atoms. The van der Waals surface area contributed by atoms with Crippen molar-refractivity contribution < 1.29 is 22.0 Å². The highest BCUT2D eigenvalue weighted by Gasteiger charge is 2.20. The van der Waals surface area contributed by atoms with Gasteiger partial charge in [0.15, 0.2) is 15.6 Å². The van der Waals surface area contributed by atoms with Crippen molar-refractivity contribution in [3.63, 3.8) is 0 Å². The van der Waals surface area contributed by atoms with E-state index in [2.05, 4.69) is 5.32 Å². The van der Waals surface area contributed by atoms with Crippen LogP contribution in [0.2, 0.25) is 5.02 Å². The second-order valence-electron chi connectivity index (χ2n) is 6.13. The Morgan fingerprint density at radius 1 is 1.14 bits per heavy atom. The lowest BCUT2D eigenvalue weighted by atomic mass is 10.2.